The van der Waals surface area contributed by atoms with E-state index >= 15 is 0 Å². The Morgan fingerprint density at radius 1 is 1.12 bits per heavy atom. The van der Waals surface area contributed by atoms with E-state index in [0.29, 0.717) is 12.2 Å². The van der Waals surface area contributed by atoms with Crippen molar-refractivity contribution >= 4 is 5.91 Å². The maximum atomic E-state index is 13.0. The Kier molecular flexibility index (Phi) is 4.39. The van der Waals surface area contributed by atoms with Crippen LogP contribution in [0.25, 0.3) is 5.69 Å². The predicted octanol–water partition coefficient (Wildman–Crippen LogP) is 3.25. The fourth-order valence-corrected chi connectivity index (χ4v) is 3.49. The summed E-state index contributed by atoms with van der Waals surface area (Å²) in [6.45, 7) is 0.708. The first-order valence-corrected chi connectivity index (χ1v) is 8.69. The Hall–Kier alpha value is -3.15. The number of para-hydroxylation sites is 2. The fourth-order valence-electron chi connectivity index (χ4n) is 3.49. The summed E-state index contributed by atoms with van der Waals surface area (Å²) in [6.07, 6.45) is 3.56. The first-order valence-electron chi connectivity index (χ1n) is 8.69. The highest BCUT2D eigenvalue weighted by molar-refractivity contribution is 5.92. The van der Waals surface area contributed by atoms with Crippen LogP contribution < -0.4 is 4.74 Å². The lowest BCUT2D eigenvalue weighted by molar-refractivity contribution is 0.0728. The van der Waals surface area contributed by atoms with Gasteiger partial charge in [0.25, 0.3) is 5.91 Å². The minimum Gasteiger partial charge on any atom is -0.496 e. The fraction of sp³-hybridized carbons (Fsp3) is 0.250. The molecule has 2 aromatic carbocycles. The van der Waals surface area contributed by atoms with Gasteiger partial charge in [0.15, 0.2) is 5.69 Å². The summed E-state index contributed by atoms with van der Waals surface area (Å²) >= 11 is 0. The summed E-state index contributed by atoms with van der Waals surface area (Å²) in [6, 6.07) is 17.5. The third-order valence-corrected chi connectivity index (χ3v) is 4.74. The molecule has 0 saturated carbocycles. The van der Waals surface area contributed by atoms with Gasteiger partial charge in [0.1, 0.15) is 5.75 Å². The van der Waals surface area contributed by atoms with Crippen molar-refractivity contribution in [2.75, 3.05) is 13.7 Å². The van der Waals surface area contributed by atoms with Gasteiger partial charge < -0.3 is 9.64 Å². The molecule has 0 spiro atoms. The number of benzene rings is 2. The molecule has 1 amide bonds. The maximum Gasteiger partial charge on any atom is 0.276 e. The third-order valence-electron chi connectivity index (χ3n) is 4.74. The number of ether oxygens (including phenoxy) is 1. The number of likely N-dealkylation sites (tertiary alicyclic amines) is 1. The summed E-state index contributed by atoms with van der Waals surface area (Å²) < 4.78 is 7.11. The number of rotatable bonds is 4. The molecule has 6 heteroatoms. The topological polar surface area (TPSA) is 60.2 Å². The second kappa shape index (κ2) is 7.00. The minimum atomic E-state index is -0.0967. The van der Waals surface area contributed by atoms with E-state index in [1.54, 1.807) is 18.0 Å². The van der Waals surface area contributed by atoms with Crippen LogP contribution in [0.5, 0.6) is 5.75 Å². The highest BCUT2D eigenvalue weighted by atomic mass is 16.5. The lowest BCUT2D eigenvalue weighted by Crippen LogP contribution is -2.31. The van der Waals surface area contributed by atoms with E-state index in [0.717, 1.165) is 29.8 Å². The van der Waals surface area contributed by atoms with Crippen LogP contribution in [0.2, 0.25) is 0 Å². The van der Waals surface area contributed by atoms with E-state index in [1.165, 1.54) is 0 Å². The van der Waals surface area contributed by atoms with Crippen LogP contribution in [0.1, 0.15) is 34.9 Å². The van der Waals surface area contributed by atoms with E-state index < -0.39 is 0 Å². The molecule has 1 aliphatic heterocycles. The average molecular weight is 348 g/mol. The Labute approximate surface area is 152 Å². The molecule has 3 aromatic rings. The van der Waals surface area contributed by atoms with Gasteiger partial charge in [0.05, 0.1) is 25.0 Å². The quantitative estimate of drug-likeness (QED) is 0.726. The molecule has 0 radical (unpaired) electrons. The number of amides is 1. The van der Waals surface area contributed by atoms with Crippen LogP contribution in [0.4, 0.5) is 0 Å². The number of hydrogen-bond acceptors (Lipinski definition) is 4. The lowest BCUT2D eigenvalue weighted by atomic mass is 10.0. The monoisotopic (exact) mass is 348 g/mol. The number of carbonyl (C=O) groups excluding carboxylic acids is 1. The summed E-state index contributed by atoms with van der Waals surface area (Å²) in [7, 11) is 1.66. The van der Waals surface area contributed by atoms with Crippen LogP contribution >= 0.6 is 0 Å². The number of carbonyl (C=O) groups is 1. The number of methoxy groups -OCH3 is 1. The molecule has 1 saturated heterocycles. The highest BCUT2D eigenvalue weighted by Crippen LogP contribution is 2.37. The first kappa shape index (κ1) is 16.3. The molecule has 1 atom stereocenters. The molecule has 26 heavy (non-hydrogen) atoms. The summed E-state index contributed by atoms with van der Waals surface area (Å²) in [5, 5.41) is 8.20. The molecule has 0 N–H and O–H groups in total. The minimum absolute atomic E-state index is 0.000486. The Morgan fingerprint density at radius 2 is 1.88 bits per heavy atom. The van der Waals surface area contributed by atoms with Gasteiger partial charge in [0, 0.05) is 12.1 Å². The van der Waals surface area contributed by atoms with Crippen molar-refractivity contribution in [2.45, 2.75) is 18.9 Å². The molecular weight excluding hydrogens is 328 g/mol. The molecule has 4 rings (SSSR count). The second-order valence-electron chi connectivity index (χ2n) is 6.28. The van der Waals surface area contributed by atoms with Crippen molar-refractivity contribution in [3.05, 3.63) is 72.1 Å². The molecule has 0 aliphatic carbocycles. The predicted molar refractivity (Wildman–Crippen MR) is 97.4 cm³/mol. The van der Waals surface area contributed by atoms with Crippen LogP contribution in [-0.4, -0.2) is 39.5 Å². The summed E-state index contributed by atoms with van der Waals surface area (Å²) in [5.41, 5.74) is 2.27. The molecule has 0 unspecified atom stereocenters. The Bertz CT molecular complexity index is 907. The standard InChI is InChI=1S/C20H20N4O2/c1-26-19-12-6-5-10-16(19)18-11-7-13-23(18)20(25)17-14-24(22-21-17)15-8-3-2-4-9-15/h2-6,8-10,12,14,18H,7,11,13H2,1H3/t18-/m1/s1. The van der Waals surface area contributed by atoms with Crippen LogP contribution in [-0.2, 0) is 0 Å². The Morgan fingerprint density at radius 3 is 2.69 bits per heavy atom. The van der Waals surface area contributed by atoms with Gasteiger partial charge in [-0.1, -0.05) is 41.6 Å². The largest absolute Gasteiger partial charge is 0.496 e. The van der Waals surface area contributed by atoms with E-state index in [-0.39, 0.29) is 11.9 Å². The van der Waals surface area contributed by atoms with Gasteiger partial charge in [-0.2, -0.15) is 0 Å². The van der Waals surface area contributed by atoms with Crippen molar-refractivity contribution in [2.24, 2.45) is 0 Å². The number of aromatic nitrogens is 3. The second-order valence-corrected chi connectivity index (χ2v) is 6.28. The smallest absolute Gasteiger partial charge is 0.276 e. The average Bonchev–Trinajstić information content (AvgIpc) is 3.38. The zero-order valence-electron chi connectivity index (χ0n) is 14.6. The van der Waals surface area contributed by atoms with Crippen LogP contribution in [0, 0.1) is 0 Å². The van der Waals surface area contributed by atoms with Crippen LogP contribution in [0.3, 0.4) is 0 Å². The third kappa shape index (κ3) is 2.94. The summed E-state index contributed by atoms with van der Waals surface area (Å²) in [4.78, 5) is 14.9. The SMILES string of the molecule is COc1ccccc1[C@H]1CCCN1C(=O)c1cn(-c2ccccc2)nn1. The maximum absolute atomic E-state index is 13.0. The molecule has 132 valence electrons. The van der Waals surface area contributed by atoms with Crippen molar-refractivity contribution in [3.63, 3.8) is 0 Å². The molecule has 0 bridgehead atoms. The zero-order chi connectivity index (χ0) is 17.9. The lowest BCUT2D eigenvalue weighted by Gasteiger charge is -2.25. The van der Waals surface area contributed by atoms with E-state index in [9.17, 15) is 4.79 Å². The summed E-state index contributed by atoms with van der Waals surface area (Å²) in [5.74, 6) is 0.714. The van der Waals surface area contributed by atoms with E-state index in [1.807, 2.05) is 59.5 Å². The molecule has 1 aliphatic rings. The molecule has 1 aromatic heterocycles. The Balaban J connectivity index is 1.61. The highest BCUT2D eigenvalue weighted by Gasteiger charge is 2.33. The molecule has 1 fully saturated rings. The van der Waals surface area contributed by atoms with Crippen LogP contribution in [0.15, 0.2) is 60.8 Å². The van der Waals surface area contributed by atoms with E-state index in [2.05, 4.69) is 10.3 Å². The van der Waals surface area contributed by atoms with Gasteiger partial charge in [-0.05, 0) is 31.0 Å². The zero-order valence-corrected chi connectivity index (χ0v) is 14.6. The van der Waals surface area contributed by atoms with Gasteiger partial charge in [-0.25, -0.2) is 4.68 Å². The van der Waals surface area contributed by atoms with Gasteiger partial charge >= 0.3 is 0 Å². The van der Waals surface area contributed by atoms with Gasteiger partial charge in [-0.3, -0.25) is 4.79 Å². The first-order chi connectivity index (χ1) is 12.8. The normalized spacial score (nSPS) is 16.7. The van der Waals surface area contributed by atoms with E-state index in [4.69, 9.17) is 4.74 Å². The molecule has 6 nitrogen and oxygen atoms in total. The number of hydrogen-bond donors (Lipinski definition) is 0. The van der Waals surface area contributed by atoms with Gasteiger partial charge in [-0.15, -0.1) is 5.10 Å². The van der Waals surface area contributed by atoms with Crippen molar-refractivity contribution in [1.29, 1.82) is 0 Å². The molecule has 2 heterocycles. The number of nitrogens with zero attached hydrogens (tertiary/aromatic N) is 4. The van der Waals surface area contributed by atoms with Crippen molar-refractivity contribution in [3.8, 4) is 11.4 Å². The van der Waals surface area contributed by atoms with Crippen molar-refractivity contribution in [1.82, 2.24) is 19.9 Å². The van der Waals surface area contributed by atoms with Gasteiger partial charge in [0.2, 0.25) is 0 Å². The van der Waals surface area contributed by atoms with Crippen molar-refractivity contribution < 1.29 is 9.53 Å². The molecular formula is C20H20N4O2.